The van der Waals surface area contributed by atoms with Gasteiger partial charge in [-0.05, 0) is 47.6 Å². The van der Waals surface area contributed by atoms with Gasteiger partial charge < -0.3 is 9.88 Å². The number of carbonyl (C=O) groups is 1. The Labute approximate surface area is 211 Å². The van der Waals surface area contributed by atoms with Gasteiger partial charge in [0.2, 0.25) is 0 Å². The van der Waals surface area contributed by atoms with Gasteiger partial charge in [-0.25, -0.2) is 4.98 Å². The third kappa shape index (κ3) is 5.43. The predicted octanol–water partition coefficient (Wildman–Crippen LogP) is 6.33. The first-order valence-corrected chi connectivity index (χ1v) is 13.4. The highest BCUT2D eigenvalue weighted by molar-refractivity contribution is 7.98. The molecule has 0 aliphatic heterocycles. The number of thioether (sulfide) groups is 1. The van der Waals surface area contributed by atoms with Crippen LogP contribution in [0.2, 0.25) is 0 Å². The van der Waals surface area contributed by atoms with Crippen LogP contribution in [0.15, 0.2) is 78.2 Å². The lowest BCUT2D eigenvalue weighted by Crippen LogP contribution is -2.43. The quantitative estimate of drug-likeness (QED) is 0.312. The number of nitrogens with one attached hydrogen (secondary N) is 1. The summed E-state index contributed by atoms with van der Waals surface area (Å²) in [5, 5.41) is 4.25. The molecule has 35 heavy (non-hydrogen) atoms. The number of amides is 1. The first kappa shape index (κ1) is 23.6. The largest absolute Gasteiger partial charge is 0.349 e. The van der Waals surface area contributed by atoms with Crippen LogP contribution in [-0.4, -0.2) is 26.5 Å². The molecule has 4 aromatic rings. The maximum atomic E-state index is 12.8. The molecule has 2 aromatic carbocycles. The van der Waals surface area contributed by atoms with Gasteiger partial charge in [-0.1, -0.05) is 80.9 Å². The third-order valence-corrected chi connectivity index (χ3v) is 8.35. The summed E-state index contributed by atoms with van der Waals surface area (Å²) < 4.78 is 2.23. The number of rotatable bonds is 7. The molecule has 180 valence electrons. The SMILES string of the molecule is C[C@H]1[C@H](C)CCC[C@H]1NC(=O)c1ccc(CSc2nc3ccncc3n2Cc2ccccc2)cc1. The number of fused-ring (bicyclic) bond motifs is 1. The van der Waals surface area contributed by atoms with Gasteiger partial charge in [0.25, 0.3) is 5.91 Å². The van der Waals surface area contributed by atoms with Crippen molar-refractivity contribution in [2.24, 2.45) is 11.8 Å². The second-order valence-corrected chi connectivity index (χ2v) is 10.6. The van der Waals surface area contributed by atoms with E-state index in [4.69, 9.17) is 4.98 Å². The molecule has 1 aliphatic rings. The first-order valence-electron chi connectivity index (χ1n) is 12.5. The monoisotopic (exact) mass is 484 g/mol. The summed E-state index contributed by atoms with van der Waals surface area (Å²) in [7, 11) is 0. The number of imidazole rings is 1. The molecule has 1 fully saturated rings. The van der Waals surface area contributed by atoms with E-state index in [9.17, 15) is 4.79 Å². The average Bonchev–Trinajstić information content (AvgIpc) is 3.23. The summed E-state index contributed by atoms with van der Waals surface area (Å²) >= 11 is 1.71. The molecular weight excluding hydrogens is 452 g/mol. The smallest absolute Gasteiger partial charge is 0.251 e. The van der Waals surface area contributed by atoms with E-state index in [0.717, 1.165) is 40.5 Å². The van der Waals surface area contributed by atoms with Crippen molar-refractivity contribution in [3.05, 3.63) is 89.7 Å². The van der Waals surface area contributed by atoms with Crippen LogP contribution >= 0.6 is 11.8 Å². The molecular formula is C29H32N4OS. The van der Waals surface area contributed by atoms with Crippen molar-refractivity contribution in [2.75, 3.05) is 0 Å². The molecule has 5 rings (SSSR count). The Hall–Kier alpha value is -3.12. The molecule has 0 radical (unpaired) electrons. The Kier molecular flexibility index (Phi) is 7.19. The minimum absolute atomic E-state index is 0.0345. The van der Waals surface area contributed by atoms with Gasteiger partial charge >= 0.3 is 0 Å². The zero-order valence-corrected chi connectivity index (χ0v) is 21.2. The van der Waals surface area contributed by atoms with Gasteiger partial charge in [-0.15, -0.1) is 0 Å². The number of hydrogen-bond donors (Lipinski definition) is 1. The van der Waals surface area contributed by atoms with Crippen molar-refractivity contribution in [3.8, 4) is 0 Å². The predicted molar refractivity (Wildman–Crippen MR) is 143 cm³/mol. The Morgan fingerprint density at radius 1 is 1.03 bits per heavy atom. The second-order valence-electron chi connectivity index (χ2n) is 9.66. The highest BCUT2D eigenvalue weighted by atomic mass is 32.2. The first-order chi connectivity index (χ1) is 17.1. The van der Waals surface area contributed by atoms with Crippen LogP contribution in [0.1, 0.15) is 54.6 Å². The zero-order chi connectivity index (χ0) is 24.2. The summed E-state index contributed by atoms with van der Waals surface area (Å²) in [6, 6.07) is 20.7. The number of aromatic nitrogens is 3. The molecule has 3 atom stereocenters. The lowest BCUT2D eigenvalue weighted by Gasteiger charge is -2.34. The van der Waals surface area contributed by atoms with E-state index >= 15 is 0 Å². The maximum absolute atomic E-state index is 12.8. The van der Waals surface area contributed by atoms with Gasteiger partial charge in [-0.3, -0.25) is 9.78 Å². The van der Waals surface area contributed by atoms with Crippen LogP contribution in [0.3, 0.4) is 0 Å². The molecule has 0 unspecified atom stereocenters. The third-order valence-electron chi connectivity index (χ3n) is 7.31. The van der Waals surface area contributed by atoms with E-state index in [1.807, 2.05) is 30.5 Å². The van der Waals surface area contributed by atoms with Crippen molar-refractivity contribution >= 4 is 28.7 Å². The number of carbonyl (C=O) groups excluding carboxylic acids is 1. The fourth-order valence-electron chi connectivity index (χ4n) is 4.91. The summed E-state index contributed by atoms with van der Waals surface area (Å²) in [5.41, 5.74) is 5.12. The maximum Gasteiger partial charge on any atom is 0.251 e. The standard InChI is InChI=1S/C29H32N4OS/c1-20-7-6-10-25(21(20)2)31-28(34)24-13-11-23(12-14-24)19-35-29-32-26-15-16-30-17-27(26)33(29)18-22-8-4-3-5-9-22/h3-5,8-9,11-17,20-21,25H,6-7,10,18-19H2,1-2H3,(H,31,34)/t20-,21+,25-/m1/s1. The fourth-order valence-corrected chi connectivity index (χ4v) is 5.88. The summed E-state index contributed by atoms with van der Waals surface area (Å²) in [4.78, 5) is 22.0. The summed E-state index contributed by atoms with van der Waals surface area (Å²) in [6.07, 6.45) is 7.20. The molecule has 0 saturated heterocycles. The van der Waals surface area contributed by atoms with Crippen molar-refractivity contribution in [1.82, 2.24) is 19.9 Å². The normalized spacial score (nSPS) is 20.1. The van der Waals surface area contributed by atoms with Crippen molar-refractivity contribution in [2.45, 2.75) is 56.6 Å². The number of pyridine rings is 1. The lowest BCUT2D eigenvalue weighted by atomic mass is 9.78. The number of hydrogen-bond acceptors (Lipinski definition) is 4. The van der Waals surface area contributed by atoms with E-state index in [1.165, 1.54) is 24.0 Å². The van der Waals surface area contributed by atoms with Crippen LogP contribution in [-0.2, 0) is 12.3 Å². The van der Waals surface area contributed by atoms with E-state index in [-0.39, 0.29) is 11.9 Å². The molecule has 2 heterocycles. The minimum Gasteiger partial charge on any atom is -0.349 e. The average molecular weight is 485 g/mol. The number of benzene rings is 2. The fraction of sp³-hybridized carbons (Fsp3) is 0.345. The molecule has 0 spiro atoms. The molecule has 6 heteroatoms. The van der Waals surface area contributed by atoms with E-state index in [0.29, 0.717) is 11.8 Å². The van der Waals surface area contributed by atoms with Gasteiger partial charge in [0.1, 0.15) is 0 Å². The summed E-state index contributed by atoms with van der Waals surface area (Å²) in [5.74, 6) is 2.00. The second kappa shape index (κ2) is 10.6. The Morgan fingerprint density at radius 3 is 2.63 bits per heavy atom. The minimum atomic E-state index is 0.0345. The Morgan fingerprint density at radius 2 is 1.83 bits per heavy atom. The molecule has 1 N–H and O–H groups in total. The van der Waals surface area contributed by atoms with Crippen molar-refractivity contribution < 1.29 is 4.79 Å². The molecule has 0 bridgehead atoms. The van der Waals surface area contributed by atoms with Crippen molar-refractivity contribution in [3.63, 3.8) is 0 Å². The van der Waals surface area contributed by atoms with Crippen LogP contribution in [0.25, 0.3) is 11.0 Å². The van der Waals surface area contributed by atoms with Crippen molar-refractivity contribution in [1.29, 1.82) is 0 Å². The van der Waals surface area contributed by atoms with Crippen LogP contribution in [0, 0.1) is 11.8 Å². The topological polar surface area (TPSA) is 59.8 Å². The summed E-state index contributed by atoms with van der Waals surface area (Å²) in [6.45, 7) is 5.30. The highest BCUT2D eigenvalue weighted by Crippen LogP contribution is 2.30. The highest BCUT2D eigenvalue weighted by Gasteiger charge is 2.28. The molecule has 5 nitrogen and oxygen atoms in total. The Bertz CT molecular complexity index is 1290. The molecule has 2 aromatic heterocycles. The van der Waals surface area contributed by atoms with Crippen LogP contribution in [0.5, 0.6) is 0 Å². The molecule has 1 saturated carbocycles. The van der Waals surface area contributed by atoms with Gasteiger partial charge in [-0.2, -0.15) is 0 Å². The molecule has 1 aliphatic carbocycles. The van der Waals surface area contributed by atoms with Gasteiger partial charge in [0, 0.05) is 23.6 Å². The lowest BCUT2D eigenvalue weighted by molar-refractivity contribution is 0.0891. The van der Waals surface area contributed by atoms with Gasteiger partial charge in [0.05, 0.1) is 23.8 Å². The Balaban J connectivity index is 1.26. The van der Waals surface area contributed by atoms with Gasteiger partial charge in [0.15, 0.2) is 5.16 Å². The van der Waals surface area contributed by atoms with Crippen LogP contribution in [0.4, 0.5) is 0 Å². The van der Waals surface area contributed by atoms with Crippen LogP contribution < -0.4 is 5.32 Å². The van der Waals surface area contributed by atoms with E-state index in [2.05, 4.69) is 65.1 Å². The van der Waals surface area contributed by atoms with E-state index < -0.39 is 0 Å². The molecule has 1 amide bonds. The zero-order valence-electron chi connectivity index (χ0n) is 20.4. The number of nitrogens with zero attached hydrogens (tertiary/aromatic N) is 3. The van der Waals surface area contributed by atoms with E-state index in [1.54, 1.807) is 18.0 Å².